The van der Waals surface area contributed by atoms with Crippen LogP contribution in [0.25, 0.3) is 0 Å². The molecular formula is C13H22N4O3. The smallest absolute Gasteiger partial charge is 0.360 e. The van der Waals surface area contributed by atoms with E-state index < -0.39 is 12.0 Å². The van der Waals surface area contributed by atoms with E-state index in [0.29, 0.717) is 6.54 Å². The zero-order valence-corrected chi connectivity index (χ0v) is 12.2. The van der Waals surface area contributed by atoms with Gasteiger partial charge in [-0.05, 0) is 13.3 Å². The molecule has 1 aromatic rings. The number of carbonyl (C=O) groups excluding carboxylic acids is 2. The molecule has 1 heterocycles. The van der Waals surface area contributed by atoms with Crippen LogP contribution in [0.1, 0.15) is 49.6 Å². The van der Waals surface area contributed by atoms with Crippen LogP contribution >= 0.6 is 0 Å². The van der Waals surface area contributed by atoms with E-state index in [9.17, 15) is 9.59 Å². The monoisotopic (exact) mass is 282 g/mol. The fourth-order valence-corrected chi connectivity index (χ4v) is 1.71. The van der Waals surface area contributed by atoms with Crippen molar-refractivity contribution in [1.29, 1.82) is 0 Å². The highest BCUT2D eigenvalue weighted by Crippen LogP contribution is 2.14. The van der Waals surface area contributed by atoms with Crippen LogP contribution in [-0.4, -0.2) is 35.3 Å². The number of amides is 1. The van der Waals surface area contributed by atoms with Gasteiger partial charge < -0.3 is 15.8 Å². The zero-order chi connectivity index (χ0) is 15.1. The number of unbranched alkanes of at least 4 members (excludes halogenated alkanes) is 2. The maximum atomic E-state index is 11.9. The van der Waals surface area contributed by atoms with Crippen LogP contribution in [0, 0.1) is 0 Å². The predicted molar refractivity (Wildman–Crippen MR) is 75.2 cm³/mol. The van der Waals surface area contributed by atoms with E-state index in [4.69, 9.17) is 5.73 Å². The molecule has 112 valence electrons. The summed E-state index contributed by atoms with van der Waals surface area (Å²) in [6.07, 6.45) is 4.59. The van der Waals surface area contributed by atoms with E-state index >= 15 is 0 Å². The van der Waals surface area contributed by atoms with E-state index in [2.05, 4.69) is 22.1 Å². The van der Waals surface area contributed by atoms with Crippen LogP contribution in [0.2, 0.25) is 0 Å². The van der Waals surface area contributed by atoms with Crippen LogP contribution in [0.15, 0.2) is 6.20 Å². The Morgan fingerprint density at radius 1 is 1.50 bits per heavy atom. The van der Waals surface area contributed by atoms with Crippen LogP contribution in [0.5, 0.6) is 0 Å². The number of hydrogen-bond acceptors (Lipinski definition) is 5. The van der Waals surface area contributed by atoms with Gasteiger partial charge in [-0.1, -0.05) is 19.8 Å². The number of rotatable bonds is 7. The number of hydrogen-bond donors (Lipinski definition) is 2. The van der Waals surface area contributed by atoms with E-state index in [0.717, 1.165) is 19.3 Å². The van der Waals surface area contributed by atoms with E-state index in [1.54, 1.807) is 6.92 Å². The van der Waals surface area contributed by atoms with Crippen molar-refractivity contribution in [3.05, 3.63) is 11.9 Å². The molecule has 0 bridgehead atoms. The number of nitrogens with two attached hydrogens (primary N) is 1. The number of nitrogen functional groups attached to an aromatic ring is 1. The first-order valence-corrected chi connectivity index (χ1v) is 6.71. The second-order valence-electron chi connectivity index (χ2n) is 4.58. The number of carbonyl (C=O) groups is 2. The molecule has 1 unspecified atom stereocenters. The number of ether oxygens (including phenoxy) is 1. The van der Waals surface area contributed by atoms with Gasteiger partial charge in [0.05, 0.1) is 12.8 Å². The van der Waals surface area contributed by atoms with Gasteiger partial charge in [0.25, 0.3) is 0 Å². The molecule has 1 aromatic heterocycles. The van der Waals surface area contributed by atoms with Crippen LogP contribution < -0.4 is 11.1 Å². The lowest BCUT2D eigenvalue weighted by atomic mass is 10.2. The van der Waals surface area contributed by atoms with Gasteiger partial charge in [-0.25, -0.2) is 4.79 Å². The summed E-state index contributed by atoms with van der Waals surface area (Å²) >= 11 is 0. The Labute approximate surface area is 118 Å². The molecule has 1 amide bonds. The number of methoxy groups -OCH3 is 1. The van der Waals surface area contributed by atoms with Crippen molar-refractivity contribution in [2.75, 3.05) is 19.4 Å². The van der Waals surface area contributed by atoms with Gasteiger partial charge in [-0.3, -0.25) is 9.48 Å². The van der Waals surface area contributed by atoms with Gasteiger partial charge in [0.2, 0.25) is 5.91 Å². The summed E-state index contributed by atoms with van der Waals surface area (Å²) in [5, 5.41) is 6.83. The Morgan fingerprint density at radius 3 is 2.80 bits per heavy atom. The number of nitrogens with one attached hydrogen (secondary N) is 1. The Kier molecular flexibility index (Phi) is 6.02. The zero-order valence-electron chi connectivity index (χ0n) is 12.2. The van der Waals surface area contributed by atoms with E-state index in [1.807, 2.05) is 0 Å². The lowest BCUT2D eigenvalue weighted by molar-refractivity contribution is -0.124. The normalized spacial score (nSPS) is 11.9. The SMILES string of the molecule is CCCCCNC(=O)C(C)n1cc(N)c(C(=O)OC)n1. The minimum Gasteiger partial charge on any atom is -0.464 e. The Hall–Kier alpha value is -2.05. The molecule has 0 aromatic carbocycles. The molecular weight excluding hydrogens is 260 g/mol. The van der Waals surface area contributed by atoms with Gasteiger partial charge in [0.15, 0.2) is 5.69 Å². The lowest BCUT2D eigenvalue weighted by Crippen LogP contribution is -2.32. The topological polar surface area (TPSA) is 99.2 Å². The minimum absolute atomic E-state index is 0.0260. The summed E-state index contributed by atoms with van der Waals surface area (Å²) in [7, 11) is 1.25. The first-order chi connectivity index (χ1) is 9.51. The van der Waals surface area contributed by atoms with Crippen LogP contribution in [0.4, 0.5) is 5.69 Å². The average Bonchev–Trinajstić information content (AvgIpc) is 2.83. The maximum absolute atomic E-state index is 11.9. The molecule has 20 heavy (non-hydrogen) atoms. The van der Waals surface area contributed by atoms with Crippen LogP contribution in [-0.2, 0) is 9.53 Å². The molecule has 0 aliphatic heterocycles. The molecule has 0 aliphatic rings. The molecule has 0 radical (unpaired) electrons. The van der Waals surface area contributed by atoms with Crippen molar-refractivity contribution < 1.29 is 14.3 Å². The fraction of sp³-hybridized carbons (Fsp3) is 0.615. The van der Waals surface area contributed by atoms with Gasteiger partial charge in [0, 0.05) is 12.7 Å². The Morgan fingerprint density at radius 2 is 2.20 bits per heavy atom. The molecule has 3 N–H and O–H groups in total. The Balaban J connectivity index is 2.65. The first kappa shape index (κ1) is 16.0. The first-order valence-electron chi connectivity index (χ1n) is 6.71. The third-order valence-electron chi connectivity index (χ3n) is 2.99. The van der Waals surface area contributed by atoms with Gasteiger partial charge in [0.1, 0.15) is 6.04 Å². The van der Waals surface area contributed by atoms with Gasteiger partial charge in [-0.2, -0.15) is 5.10 Å². The highest BCUT2D eigenvalue weighted by atomic mass is 16.5. The molecule has 0 spiro atoms. The predicted octanol–water partition coefficient (Wildman–Crippen LogP) is 1.12. The third-order valence-corrected chi connectivity index (χ3v) is 2.99. The molecule has 7 heteroatoms. The quantitative estimate of drug-likeness (QED) is 0.576. The summed E-state index contributed by atoms with van der Waals surface area (Å²) in [6.45, 7) is 4.44. The summed E-state index contributed by atoms with van der Waals surface area (Å²) in [6, 6.07) is -0.530. The fourth-order valence-electron chi connectivity index (χ4n) is 1.71. The lowest BCUT2D eigenvalue weighted by Gasteiger charge is -2.12. The molecule has 1 atom stereocenters. The molecule has 7 nitrogen and oxygen atoms in total. The van der Waals surface area contributed by atoms with Crippen molar-refractivity contribution in [2.24, 2.45) is 0 Å². The highest BCUT2D eigenvalue weighted by Gasteiger charge is 2.21. The Bertz CT molecular complexity index is 470. The summed E-state index contributed by atoms with van der Waals surface area (Å²) < 4.78 is 5.94. The second-order valence-corrected chi connectivity index (χ2v) is 4.58. The molecule has 0 aliphatic carbocycles. The standard InChI is InChI=1S/C13H22N4O3/c1-4-5-6-7-15-12(18)9(2)17-8-10(14)11(16-17)13(19)20-3/h8-9H,4-7,14H2,1-3H3,(H,15,18). The number of nitrogens with zero attached hydrogens (tertiary/aromatic N) is 2. The summed E-state index contributed by atoms with van der Waals surface area (Å²) in [4.78, 5) is 23.3. The van der Waals surface area contributed by atoms with E-state index in [-0.39, 0.29) is 17.3 Å². The molecule has 1 rings (SSSR count). The second kappa shape index (κ2) is 7.52. The number of aromatic nitrogens is 2. The van der Waals surface area contributed by atoms with Crippen molar-refractivity contribution in [1.82, 2.24) is 15.1 Å². The number of esters is 1. The summed E-state index contributed by atoms with van der Waals surface area (Å²) in [5.74, 6) is -0.767. The molecule has 0 saturated heterocycles. The van der Waals surface area contributed by atoms with E-state index in [1.165, 1.54) is 18.0 Å². The van der Waals surface area contributed by atoms with Crippen molar-refractivity contribution in [3.8, 4) is 0 Å². The largest absolute Gasteiger partial charge is 0.464 e. The average molecular weight is 282 g/mol. The van der Waals surface area contributed by atoms with Crippen LogP contribution in [0.3, 0.4) is 0 Å². The van der Waals surface area contributed by atoms with Gasteiger partial charge >= 0.3 is 5.97 Å². The van der Waals surface area contributed by atoms with Gasteiger partial charge in [-0.15, -0.1) is 0 Å². The van der Waals surface area contributed by atoms with Crippen molar-refractivity contribution >= 4 is 17.6 Å². The number of anilines is 1. The van der Waals surface area contributed by atoms with Crippen molar-refractivity contribution in [2.45, 2.75) is 39.2 Å². The third kappa shape index (κ3) is 3.97. The highest BCUT2D eigenvalue weighted by molar-refractivity contribution is 5.92. The van der Waals surface area contributed by atoms with Crippen molar-refractivity contribution in [3.63, 3.8) is 0 Å². The molecule has 0 fully saturated rings. The minimum atomic E-state index is -0.614. The maximum Gasteiger partial charge on any atom is 0.360 e. The summed E-state index contributed by atoms with van der Waals surface area (Å²) in [5.41, 5.74) is 5.90. The molecule has 0 saturated carbocycles.